The number of carbonyl (C=O) groups is 1. The summed E-state index contributed by atoms with van der Waals surface area (Å²) in [5.74, 6) is 0.945. The van der Waals surface area contributed by atoms with Crippen LogP contribution in [0.3, 0.4) is 0 Å². The molecule has 0 saturated heterocycles. The molecular formula is C20H28ClN3O2S. The SMILES string of the molecule is COc1cc(Cl)c(C)cc1NC(=O)C(C)Sc1nc(C)c(C)n1CC(C)C. The number of thioether (sulfide) groups is 1. The summed E-state index contributed by atoms with van der Waals surface area (Å²) in [6, 6.07) is 3.54. The third kappa shape index (κ3) is 5.20. The van der Waals surface area contributed by atoms with Gasteiger partial charge < -0.3 is 14.6 Å². The number of hydrogen-bond acceptors (Lipinski definition) is 4. The number of nitrogens with one attached hydrogen (secondary N) is 1. The predicted octanol–water partition coefficient (Wildman–Crippen LogP) is 5.25. The molecule has 0 radical (unpaired) electrons. The molecule has 0 aliphatic heterocycles. The quantitative estimate of drug-likeness (QED) is 0.635. The molecule has 0 saturated carbocycles. The number of hydrogen-bond donors (Lipinski definition) is 1. The molecule has 148 valence electrons. The number of benzene rings is 1. The van der Waals surface area contributed by atoms with E-state index in [1.807, 2.05) is 26.8 Å². The van der Waals surface area contributed by atoms with Gasteiger partial charge in [0, 0.05) is 23.3 Å². The fraction of sp³-hybridized carbons (Fsp3) is 0.500. The van der Waals surface area contributed by atoms with E-state index >= 15 is 0 Å². The smallest absolute Gasteiger partial charge is 0.237 e. The Labute approximate surface area is 170 Å². The minimum absolute atomic E-state index is 0.102. The number of amides is 1. The average Bonchev–Trinajstić information content (AvgIpc) is 2.84. The highest BCUT2D eigenvalue weighted by Crippen LogP contribution is 2.32. The molecule has 2 aromatic rings. The van der Waals surface area contributed by atoms with Gasteiger partial charge in [0.15, 0.2) is 5.16 Å². The molecule has 0 bridgehead atoms. The van der Waals surface area contributed by atoms with Crippen molar-refractivity contribution in [3.05, 3.63) is 34.1 Å². The topological polar surface area (TPSA) is 56.1 Å². The maximum atomic E-state index is 12.7. The second-order valence-corrected chi connectivity index (χ2v) is 8.84. The van der Waals surface area contributed by atoms with Crippen molar-refractivity contribution in [2.45, 2.75) is 58.5 Å². The molecule has 1 aromatic heterocycles. The highest BCUT2D eigenvalue weighted by Gasteiger charge is 2.21. The molecule has 5 nitrogen and oxygen atoms in total. The largest absolute Gasteiger partial charge is 0.495 e. The summed E-state index contributed by atoms with van der Waals surface area (Å²) in [5.41, 5.74) is 3.65. The lowest BCUT2D eigenvalue weighted by Crippen LogP contribution is -2.23. The Kier molecular flexibility index (Phi) is 7.23. The number of aryl methyl sites for hydroxylation is 2. The number of halogens is 1. The molecule has 0 spiro atoms. The number of rotatable bonds is 7. The van der Waals surface area contributed by atoms with Crippen LogP contribution in [0.25, 0.3) is 0 Å². The third-order valence-electron chi connectivity index (χ3n) is 4.36. The lowest BCUT2D eigenvalue weighted by molar-refractivity contribution is -0.115. The highest BCUT2D eigenvalue weighted by atomic mass is 35.5. The lowest BCUT2D eigenvalue weighted by atomic mass is 10.2. The predicted molar refractivity (Wildman–Crippen MR) is 113 cm³/mol. The van der Waals surface area contributed by atoms with Gasteiger partial charge in [-0.3, -0.25) is 4.79 Å². The molecule has 1 heterocycles. The summed E-state index contributed by atoms with van der Waals surface area (Å²) >= 11 is 7.61. The molecule has 1 amide bonds. The fourth-order valence-electron chi connectivity index (χ4n) is 2.67. The van der Waals surface area contributed by atoms with Crippen LogP contribution >= 0.6 is 23.4 Å². The van der Waals surface area contributed by atoms with E-state index in [4.69, 9.17) is 16.3 Å². The molecule has 2 rings (SSSR count). The van der Waals surface area contributed by atoms with Crippen LogP contribution in [-0.4, -0.2) is 27.8 Å². The summed E-state index contributed by atoms with van der Waals surface area (Å²) in [4.78, 5) is 17.4. The molecule has 1 atom stereocenters. The molecular weight excluding hydrogens is 382 g/mol. The monoisotopic (exact) mass is 409 g/mol. The summed E-state index contributed by atoms with van der Waals surface area (Å²) in [7, 11) is 1.56. The molecule has 1 unspecified atom stereocenters. The molecule has 1 aromatic carbocycles. The van der Waals surface area contributed by atoms with E-state index in [1.54, 1.807) is 13.2 Å². The molecule has 0 aliphatic rings. The number of anilines is 1. The Balaban J connectivity index is 2.18. The minimum atomic E-state index is -0.308. The van der Waals surface area contributed by atoms with E-state index in [9.17, 15) is 4.79 Å². The van der Waals surface area contributed by atoms with Crippen LogP contribution in [0.15, 0.2) is 17.3 Å². The van der Waals surface area contributed by atoms with Gasteiger partial charge in [0.1, 0.15) is 5.75 Å². The Morgan fingerprint density at radius 3 is 2.56 bits per heavy atom. The first kappa shape index (κ1) is 21.6. The van der Waals surface area contributed by atoms with E-state index in [2.05, 4.69) is 35.6 Å². The van der Waals surface area contributed by atoms with Crippen LogP contribution in [0.1, 0.15) is 37.7 Å². The van der Waals surface area contributed by atoms with Gasteiger partial charge in [-0.15, -0.1) is 0 Å². The number of aromatic nitrogens is 2. The number of imidazole rings is 1. The second-order valence-electron chi connectivity index (χ2n) is 7.12. The van der Waals surface area contributed by atoms with Gasteiger partial charge in [-0.2, -0.15) is 0 Å². The van der Waals surface area contributed by atoms with Gasteiger partial charge in [0.25, 0.3) is 0 Å². The Hall–Kier alpha value is -1.66. The van der Waals surface area contributed by atoms with E-state index in [-0.39, 0.29) is 11.2 Å². The van der Waals surface area contributed by atoms with Gasteiger partial charge >= 0.3 is 0 Å². The third-order valence-corrected chi connectivity index (χ3v) is 5.86. The van der Waals surface area contributed by atoms with Crippen molar-refractivity contribution >= 4 is 35.0 Å². The van der Waals surface area contributed by atoms with Crippen molar-refractivity contribution < 1.29 is 9.53 Å². The van der Waals surface area contributed by atoms with Gasteiger partial charge in [0.05, 0.1) is 23.7 Å². The van der Waals surface area contributed by atoms with Gasteiger partial charge in [-0.25, -0.2) is 4.98 Å². The second kappa shape index (κ2) is 9.02. The Morgan fingerprint density at radius 1 is 1.30 bits per heavy atom. The van der Waals surface area contributed by atoms with Crippen molar-refractivity contribution in [3.63, 3.8) is 0 Å². The maximum Gasteiger partial charge on any atom is 0.237 e. The lowest BCUT2D eigenvalue weighted by Gasteiger charge is -2.17. The summed E-state index contributed by atoms with van der Waals surface area (Å²) < 4.78 is 7.54. The van der Waals surface area contributed by atoms with Gasteiger partial charge in [0.2, 0.25) is 5.91 Å². The number of methoxy groups -OCH3 is 1. The van der Waals surface area contributed by atoms with E-state index in [1.165, 1.54) is 11.8 Å². The number of nitrogens with zero attached hydrogens (tertiary/aromatic N) is 2. The van der Waals surface area contributed by atoms with Crippen LogP contribution in [0.2, 0.25) is 5.02 Å². The summed E-state index contributed by atoms with van der Waals surface area (Å²) in [6.07, 6.45) is 0. The summed E-state index contributed by atoms with van der Waals surface area (Å²) in [5, 5.41) is 4.12. The number of ether oxygens (including phenoxy) is 1. The van der Waals surface area contributed by atoms with Crippen LogP contribution in [-0.2, 0) is 11.3 Å². The summed E-state index contributed by atoms with van der Waals surface area (Å²) in [6.45, 7) is 13.1. The van der Waals surface area contributed by atoms with E-state index in [0.29, 0.717) is 22.4 Å². The molecule has 7 heteroatoms. The van der Waals surface area contributed by atoms with Crippen molar-refractivity contribution in [2.24, 2.45) is 5.92 Å². The normalized spacial score (nSPS) is 12.3. The van der Waals surface area contributed by atoms with Crippen LogP contribution in [0.5, 0.6) is 5.75 Å². The highest BCUT2D eigenvalue weighted by molar-refractivity contribution is 8.00. The fourth-order valence-corrected chi connectivity index (χ4v) is 3.83. The van der Waals surface area contributed by atoms with Crippen molar-refractivity contribution in [1.82, 2.24) is 9.55 Å². The molecule has 1 N–H and O–H groups in total. The van der Waals surface area contributed by atoms with Gasteiger partial charge in [-0.05, 0) is 45.2 Å². The first-order chi connectivity index (χ1) is 12.6. The van der Waals surface area contributed by atoms with Crippen LogP contribution in [0.4, 0.5) is 5.69 Å². The van der Waals surface area contributed by atoms with E-state index in [0.717, 1.165) is 28.7 Å². The first-order valence-electron chi connectivity index (χ1n) is 8.99. The van der Waals surface area contributed by atoms with Crippen LogP contribution in [0, 0.1) is 26.7 Å². The Bertz CT molecular complexity index is 833. The molecule has 27 heavy (non-hydrogen) atoms. The van der Waals surface area contributed by atoms with Crippen molar-refractivity contribution in [1.29, 1.82) is 0 Å². The standard InChI is InChI=1S/C20H28ClN3O2S/c1-11(2)10-24-14(5)13(4)22-20(24)27-15(6)19(25)23-17-8-12(3)16(21)9-18(17)26-7/h8-9,11,15H,10H2,1-7H3,(H,23,25). The number of carbonyl (C=O) groups excluding carboxylic acids is 1. The molecule has 0 fully saturated rings. The Morgan fingerprint density at radius 2 is 1.96 bits per heavy atom. The maximum absolute atomic E-state index is 12.7. The zero-order chi connectivity index (χ0) is 20.3. The minimum Gasteiger partial charge on any atom is -0.495 e. The van der Waals surface area contributed by atoms with E-state index < -0.39 is 0 Å². The van der Waals surface area contributed by atoms with Crippen LogP contribution < -0.4 is 10.1 Å². The zero-order valence-corrected chi connectivity index (χ0v) is 18.6. The van der Waals surface area contributed by atoms with Crippen molar-refractivity contribution in [3.8, 4) is 5.75 Å². The average molecular weight is 410 g/mol. The van der Waals surface area contributed by atoms with Gasteiger partial charge in [-0.1, -0.05) is 37.2 Å². The first-order valence-corrected chi connectivity index (χ1v) is 10.2. The zero-order valence-electron chi connectivity index (χ0n) is 17.0. The molecule has 0 aliphatic carbocycles. The van der Waals surface area contributed by atoms with Crippen molar-refractivity contribution in [2.75, 3.05) is 12.4 Å².